The fourth-order valence-corrected chi connectivity index (χ4v) is 4.98. The molecule has 6 nitrogen and oxygen atoms in total. The van der Waals surface area contributed by atoms with Crippen LogP contribution in [0.4, 0.5) is 5.82 Å². The van der Waals surface area contributed by atoms with E-state index in [0.717, 1.165) is 75.7 Å². The quantitative estimate of drug-likeness (QED) is 0.543. The molecular formula is C29H33N5O. The van der Waals surface area contributed by atoms with Crippen molar-refractivity contribution >= 4 is 17.8 Å². The van der Waals surface area contributed by atoms with E-state index in [0.29, 0.717) is 5.91 Å². The highest BCUT2D eigenvalue weighted by atomic mass is 16.2. The minimum absolute atomic E-state index is 0.0309. The van der Waals surface area contributed by atoms with E-state index >= 15 is 0 Å². The molecule has 1 amide bonds. The van der Waals surface area contributed by atoms with E-state index < -0.39 is 0 Å². The molecule has 2 aromatic carbocycles. The second-order valence-corrected chi connectivity index (χ2v) is 9.35. The molecule has 0 saturated carbocycles. The Morgan fingerprint density at radius 3 is 2.43 bits per heavy atom. The Labute approximate surface area is 207 Å². The molecular weight excluding hydrogens is 434 g/mol. The second-order valence-electron chi connectivity index (χ2n) is 9.35. The second kappa shape index (κ2) is 11.3. The molecule has 2 saturated heterocycles. The summed E-state index contributed by atoms with van der Waals surface area (Å²) in [7, 11) is 0. The number of hydrogen-bond donors (Lipinski definition) is 0. The lowest BCUT2D eigenvalue weighted by atomic mass is 9.96. The number of piperazine rings is 1. The number of carbonyl (C=O) groups is 1. The number of nitrogens with zero attached hydrogens (tertiary/aromatic N) is 5. The summed E-state index contributed by atoms with van der Waals surface area (Å²) < 4.78 is 0. The van der Waals surface area contributed by atoms with Crippen LogP contribution >= 0.6 is 0 Å². The maximum Gasteiger partial charge on any atom is 0.227 e. The molecule has 35 heavy (non-hydrogen) atoms. The summed E-state index contributed by atoms with van der Waals surface area (Å²) in [6, 6.07) is 22.6. The number of piperidine rings is 1. The van der Waals surface area contributed by atoms with Crippen LogP contribution < -0.4 is 4.90 Å². The van der Waals surface area contributed by atoms with Crippen molar-refractivity contribution in [2.24, 2.45) is 5.92 Å². The summed E-state index contributed by atoms with van der Waals surface area (Å²) in [4.78, 5) is 29.1. The summed E-state index contributed by atoms with van der Waals surface area (Å²) in [5, 5.41) is 0. The third kappa shape index (κ3) is 5.95. The van der Waals surface area contributed by atoms with E-state index in [2.05, 4.69) is 73.2 Å². The van der Waals surface area contributed by atoms with Crippen LogP contribution in [0.1, 0.15) is 18.4 Å². The van der Waals surface area contributed by atoms with Crippen LogP contribution in [0.15, 0.2) is 79.1 Å². The Bertz CT molecular complexity index is 1130. The first-order valence-corrected chi connectivity index (χ1v) is 12.6. The van der Waals surface area contributed by atoms with Crippen molar-refractivity contribution in [1.29, 1.82) is 0 Å². The molecule has 180 valence electrons. The van der Waals surface area contributed by atoms with Gasteiger partial charge in [0.15, 0.2) is 0 Å². The van der Waals surface area contributed by atoms with Gasteiger partial charge in [0.1, 0.15) is 12.1 Å². The first-order valence-electron chi connectivity index (χ1n) is 12.6. The number of aromatic nitrogens is 2. The van der Waals surface area contributed by atoms with Crippen molar-refractivity contribution < 1.29 is 4.79 Å². The molecule has 1 unspecified atom stereocenters. The van der Waals surface area contributed by atoms with Crippen LogP contribution in [0.2, 0.25) is 0 Å². The molecule has 0 spiro atoms. The average molecular weight is 468 g/mol. The predicted molar refractivity (Wildman–Crippen MR) is 141 cm³/mol. The Morgan fingerprint density at radius 2 is 1.66 bits per heavy atom. The Hall–Kier alpha value is -3.51. The van der Waals surface area contributed by atoms with Crippen molar-refractivity contribution in [1.82, 2.24) is 19.8 Å². The number of benzene rings is 2. The normalized spacial score (nSPS) is 19.3. The zero-order chi connectivity index (χ0) is 23.9. The molecule has 0 bridgehead atoms. The average Bonchev–Trinajstić information content (AvgIpc) is 2.94. The standard InChI is InChI=1S/C29H33N5O/c35-29(33-19-17-32(18-20-33)15-7-11-24-9-3-1-4-10-24)26-14-8-16-34(22-26)28-21-27(30-23-31-28)25-12-5-2-6-13-25/h1-7,9-13,21,23,26H,8,14-20,22H2. The van der Waals surface area contributed by atoms with Crippen molar-refractivity contribution in [2.75, 3.05) is 50.7 Å². The smallest absolute Gasteiger partial charge is 0.227 e. The van der Waals surface area contributed by atoms with Crippen molar-refractivity contribution in [2.45, 2.75) is 12.8 Å². The minimum atomic E-state index is 0.0309. The molecule has 5 rings (SSSR count). The van der Waals surface area contributed by atoms with Gasteiger partial charge in [-0.25, -0.2) is 9.97 Å². The minimum Gasteiger partial charge on any atom is -0.356 e. The monoisotopic (exact) mass is 467 g/mol. The van der Waals surface area contributed by atoms with E-state index in [1.54, 1.807) is 6.33 Å². The molecule has 3 aromatic rings. The van der Waals surface area contributed by atoms with Gasteiger partial charge in [0.2, 0.25) is 5.91 Å². The molecule has 2 fully saturated rings. The molecule has 2 aliphatic rings. The summed E-state index contributed by atoms with van der Waals surface area (Å²) in [5.41, 5.74) is 3.22. The molecule has 0 N–H and O–H groups in total. The molecule has 1 atom stereocenters. The third-order valence-electron chi connectivity index (χ3n) is 6.97. The zero-order valence-corrected chi connectivity index (χ0v) is 20.2. The lowest BCUT2D eigenvalue weighted by molar-refractivity contribution is -0.137. The van der Waals surface area contributed by atoms with Crippen LogP contribution in [0.3, 0.4) is 0 Å². The number of rotatable bonds is 6. The predicted octanol–water partition coefficient (Wildman–Crippen LogP) is 4.22. The number of anilines is 1. The fourth-order valence-electron chi connectivity index (χ4n) is 4.98. The summed E-state index contributed by atoms with van der Waals surface area (Å²) in [6.45, 7) is 6.04. The first kappa shape index (κ1) is 23.2. The molecule has 0 aliphatic carbocycles. The lowest BCUT2D eigenvalue weighted by Crippen LogP contribution is -2.52. The van der Waals surface area contributed by atoms with Crippen LogP contribution in [-0.2, 0) is 4.79 Å². The van der Waals surface area contributed by atoms with Crippen molar-refractivity contribution in [3.63, 3.8) is 0 Å². The molecule has 6 heteroatoms. The third-order valence-corrected chi connectivity index (χ3v) is 6.97. The molecule has 0 radical (unpaired) electrons. The highest BCUT2D eigenvalue weighted by Gasteiger charge is 2.31. The molecule has 3 heterocycles. The van der Waals surface area contributed by atoms with Gasteiger partial charge in [0.25, 0.3) is 0 Å². The zero-order valence-electron chi connectivity index (χ0n) is 20.2. The summed E-state index contributed by atoms with van der Waals surface area (Å²) in [5.74, 6) is 1.24. The fraction of sp³-hybridized carbons (Fsp3) is 0.345. The lowest BCUT2D eigenvalue weighted by Gasteiger charge is -2.39. The van der Waals surface area contributed by atoms with E-state index in [9.17, 15) is 4.79 Å². The van der Waals surface area contributed by atoms with Gasteiger partial charge in [-0.3, -0.25) is 9.69 Å². The van der Waals surface area contributed by atoms with Gasteiger partial charge < -0.3 is 9.80 Å². The van der Waals surface area contributed by atoms with Gasteiger partial charge in [-0.15, -0.1) is 0 Å². The van der Waals surface area contributed by atoms with Gasteiger partial charge >= 0.3 is 0 Å². The maximum absolute atomic E-state index is 13.4. The van der Waals surface area contributed by atoms with Crippen LogP contribution in [0.5, 0.6) is 0 Å². The van der Waals surface area contributed by atoms with E-state index in [1.807, 2.05) is 30.3 Å². The van der Waals surface area contributed by atoms with Crippen LogP contribution in [-0.4, -0.2) is 71.5 Å². The molecule has 1 aromatic heterocycles. The SMILES string of the molecule is O=C(C1CCCN(c2cc(-c3ccccc3)ncn2)C1)N1CCN(CC=Cc2ccccc2)CC1. The number of amides is 1. The van der Waals surface area contributed by atoms with E-state index in [4.69, 9.17) is 0 Å². The number of hydrogen-bond acceptors (Lipinski definition) is 5. The summed E-state index contributed by atoms with van der Waals surface area (Å²) >= 11 is 0. The van der Waals surface area contributed by atoms with Gasteiger partial charge in [0.05, 0.1) is 11.6 Å². The van der Waals surface area contributed by atoms with Crippen LogP contribution in [0.25, 0.3) is 17.3 Å². The van der Waals surface area contributed by atoms with Gasteiger partial charge in [-0.2, -0.15) is 0 Å². The summed E-state index contributed by atoms with van der Waals surface area (Å²) in [6.07, 6.45) is 7.98. The van der Waals surface area contributed by atoms with E-state index in [1.165, 1.54) is 5.56 Å². The van der Waals surface area contributed by atoms with Crippen molar-refractivity contribution in [3.05, 3.63) is 84.7 Å². The topological polar surface area (TPSA) is 52.6 Å². The highest BCUT2D eigenvalue weighted by Crippen LogP contribution is 2.26. The molecule has 2 aliphatic heterocycles. The number of carbonyl (C=O) groups excluding carboxylic acids is 1. The van der Waals surface area contributed by atoms with Crippen LogP contribution in [0, 0.1) is 5.92 Å². The maximum atomic E-state index is 13.4. The Morgan fingerprint density at radius 1 is 0.914 bits per heavy atom. The van der Waals surface area contributed by atoms with Gasteiger partial charge in [-0.05, 0) is 18.4 Å². The largest absolute Gasteiger partial charge is 0.356 e. The van der Waals surface area contributed by atoms with E-state index in [-0.39, 0.29) is 5.92 Å². The van der Waals surface area contributed by atoms with Gasteiger partial charge in [0, 0.05) is 57.4 Å². The van der Waals surface area contributed by atoms with Crippen molar-refractivity contribution in [3.8, 4) is 11.3 Å². The Kier molecular flexibility index (Phi) is 7.49. The highest BCUT2D eigenvalue weighted by molar-refractivity contribution is 5.80. The first-order chi connectivity index (χ1) is 17.3. The van der Waals surface area contributed by atoms with Gasteiger partial charge in [-0.1, -0.05) is 72.8 Å². The Balaban J connectivity index is 1.14.